The van der Waals surface area contributed by atoms with Gasteiger partial charge in [-0.2, -0.15) is 4.98 Å². The third-order valence-electron chi connectivity index (χ3n) is 3.44. The molecule has 2 N–H and O–H groups in total. The Morgan fingerprint density at radius 2 is 2.00 bits per heavy atom. The molecule has 0 fully saturated rings. The lowest BCUT2D eigenvalue weighted by atomic mass is 10.1. The standard InChI is InChI=1S/C18H26N4O2/c1-11(2)8-16-21-17(24-22-16)10-19-15-7-6-14(9-13(15)5)18(23)20-12(3)4/h6-7,9,11-12,19H,8,10H2,1-5H3,(H,20,23). The van der Waals surface area contributed by atoms with Crippen molar-refractivity contribution in [3.63, 3.8) is 0 Å². The van der Waals surface area contributed by atoms with Crippen LogP contribution < -0.4 is 10.6 Å². The number of amides is 1. The molecule has 0 radical (unpaired) electrons. The van der Waals surface area contributed by atoms with Crippen LogP contribution >= 0.6 is 0 Å². The van der Waals surface area contributed by atoms with Crippen LogP contribution in [0.1, 0.15) is 55.3 Å². The molecule has 2 aromatic rings. The van der Waals surface area contributed by atoms with E-state index in [1.165, 1.54) is 0 Å². The molecule has 0 aliphatic rings. The maximum absolute atomic E-state index is 12.0. The predicted octanol–water partition coefficient (Wildman–Crippen LogP) is 3.33. The quantitative estimate of drug-likeness (QED) is 0.814. The Hall–Kier alpha value is -2.37. The second-order valence-electron chi connectivity index (χ2n) is 6.71. The molecule has 1 amide bonds. The van der Waals surface area contributed by atoms with Crippen LogP contribution in [-0.2, 0) is 13.0 Å². The first-order valence-electron chi connectivity index (χ1n) is 8.32. The van der Waals surface area contributed by atoms with Crippen molar-refractivity contribution in [2.45, 2.75) is 53.6 Å². The van der Waals surface area contributed by atoms with Gasteiger partial charge in [-0.25, -0.2) is 0 Å². The summed E-state index contributed by atoms with van der Waals surface area (Å²) in [6.07, 6.45) is 0.808. The van der Waals surface area contributed by atoms with Crippen molar-refractivity contribution in [2.24, 2.45) is 5.92 Å². The Labute approximate surface area is 143 Å². The Morgan fingerprint density at radius 1 is 1.25 bits per heavy atom. The van der Waals surface area contributed by atoms with Crippen molar-refractivity contribution < 1.29 is 9.32 Å². The van der Waals surface area contributed by atoms with E-state index < -0.39 is 0 Å². The molecule has 1 heterocycles. The molecule has 1 aromatic carbocycles. The molecule has 24 heavy (non-hydrogen) atoms. The Bertz CT molecular complexity index is 692. The molecule has 0 atom stereocenters. The zero-order valence-corrected chi connectivity index (χ0v) is 15.0. The minimum absolute atomic E-state index is 0.0603. The van der Waals surface area contributed by atoms with Crippen LogP contribution in [0, 0.1) is 12.8 Å². The Morgan fingerprint density at radius 3 is 2.62 bits per heavy atom. The summed E-state index contributed by atoms with van der Waals surface area (Å²) in [5.41, 5.74) is 2.59. The van der Waals surface area contributed by atoms with Gasteiger partial charge < -0.3 is 15.2 Å². The molecule has 1 aromatic heterocycles. The van der Waals surface area contributed by atoms with Crippen LogP contribution in [0.4, 0.5) is 5.69 Å². The second-order valence-corrected chi connectivity index (χ2v) is 6.71. The van der Waals surface area contributed by atoms with Gasteiger partial charge in [0.05, 0.1) is 6.54 Å². The number of nitrogens with one attached hydrogen (secondary N) is 2. The van der Waals surface area contributed by atoms with Crippen LogP contribution in [0.15, 0.2) is 22.7 Å². The summed E-state index contributed by atoms with van der Waals surface area (Å²) in [5, 5.41) is 10.1. The SMILES string of the molecule is Cc1cc(C(=O)NC(C)C)ccc1NCc1nc(CC(C)C)no1. The van der Waals surface area contributed by atoms with Crippen LogP contribution in [0.3, 0.4) is 0 Å². The van der Waals surface area contributed by atoms with Crippen molar-refractivity contribution in [3.8, 4) is 0 Å². The molecule has 0 aliphatic heterocycles. The Balaban J connectivity index is 1.98. The number of carbonyl (C=O) groups is 1. The zero-order valence-electron chi connectivity index (χ0n) is 15.0. The molecule has 0 aliphatic carbocycles. The smallest absolute Gasteiger partial charge is 0.251 e. The van der Waals surface area contributed by atoms with E-state index in [0.717, 1.165) is 23.5 Å². The molecule has 0 unspecified atom stereocenters. The van der Waals surface area contributed by atoms with Gasteiger partial charge in [0, 0.05) is 23.7 Å². The fourth-order valence-electron chi connectivity index (χ4n) is 2.33. The molecule has 0 bridgehead atoms. The summed E-state index contributed by atoms with van der Waals surface area (Å²) in [5.74, 6) is 1.73. The highest BCUT2D eigenvalue weighted by Crippen LogP contribution is 2.17. The van der Waals surface area contributed by atoms with Gasteiger partial charge in [0.2, 0.25) is 5.89 Å². The lowest BCUT2D eigenvalue weighted by Gasteiger charge is -2.11. The summed E-state index contributed by atoms with van der Waals surface area (Å²) >= 11 is 0. The number of anilines is 1. The lowest BCUT2D eigenvalue weighted by Crippen LogP contribution is -2.30. The zero-order chi connectivity index (χ0) is 17.7. The second kappa shape index (κ2) is 7.95. The minimum atomic E-state index is -0.0603. The minimum Gasteiger partial charge on any atom is -0.376 e. The maximum atomic E-state index is 12.0. The average molecular weight is 330 g/mol. The van der Waals surface area contributed by atoms with E-state index in [1.54, 1.807) is 0 Å². The normalized spacial score (nSPS) is 11.1. The van der Waals surface area contributed by atoms with Gasteiger partial charge in [0.15, 0.2) is 5.82 Å². The topological polar surface area (TPSA) is 80.0 Å². The van der Waals surface area contributed by atoms with E-state index in [9.17, 15) is 4.79 Å². The van der Waals surface area contributed by atoms with Crippen molar-refractivity contribution in [1.82, 2.24) is 15.5 Å². The first-order chi connectivity index (χ1) is 11.3. The molecule has 0 saturated carbocycles. The number of hydrogen-bond donors (Lipinski definition) is 2. The lowest BCUT2D eigenvalue weighted by molar-refractivity contribution is 0.0943. The maximum Gasteiger partial charge on any atom is 0.251 e. The number of nitrogens with zero attached hydrogens (tertiary/aromatic N) is 2. The van der Waals surface area contributed by atoms with E-state index in [2.05, 4.69) is 34.6 Å². The van der Waals surface area contributed by atoms with E-state index >= 15 is 0 Å². The third kappa shape index (κ3) is 5.08. The van der Waals surface area contributed by atoms with Gasteiger partial charge >= 0.3 is 0 Å². The monoisotopic (exact) mass is 330 g/mol. The number of benzene rings is 1. The predicted molar refractivity (Wildman–Crippen MR) is 93.9 cm³/mol. The fourth-order valence-corrected chi connectivity index (χ4v) is 2.33. The summed E-state index contributed by atoms with van der Waals surface area (Å²) < 4.78 is 5.25. The van der Waals surface area contributed by atoms with Gasteiger partial charge in [-0.15, -0.1) is 0 Å². The summed E-state index contributed by atoms with van der Waals surface area (Å²) in [4.78, 5) is 16.4. The summed E-state index contributed by atoms with van der Waals surface area (Å²) in [6, 6.07) is 5.70. The number of aryl methyl sites for hydroxylation is 1. The highest BCUT2D eigenvalue weighted by molar-refractivity contribution is 5.95. The summed E-state index contributed by atoms with van der Waals surface area (Å²) in [6.45, 7) is 10.6. The van der Waals surface area contributed by atoms with E-state index in [4.69, 9.17) is 4.52 Å². The Kier molecular flexibility index (Phi) is 5.95. The van der Waals surface area contributed by atoms with Gasteiger partial charge in [-0.05, 0) is 50.5 Å². The highest BCUT2D eigenvalue weighted by atomic mass is 16.5. The van der Waals surface area contributed by atoms with E-state index in [0.29, 0.717) is 23.9 Å². The first-order valence-corrected chi connectivity index (χ1v) is 8.32. The van der Waals surface area contributed by atoms with Gasteiger partial charge in [0.25, 0.3) is 5.91 Å². The molecule has 6 nitrogen and oxygen atoms in total. The molecular weight excluding hydrogens is 304 g/mol. The van der Waals surface area contributed by atoms with Crippen LogP contribution in [0.2, 0.25) is 0 Å². The van der Waals surface area contributed by atoms with Crippen molar-refractivity contribution in [2.75, 3.05) is 5.32 Å². The fraction of sp³-hybridized carbons (Fsp3) is 0.500. The number of hydrogen-bond acceptors (Lipinski definition) is 5. The highest BCUT2D eigenvalue weighted by Gasteiger charge is 2.11. The largest absolute Gasteiger partial charge is 0.376 e. The average Bonchev–Trinajstić information content (AvgIpc) is 2.91. The van der Waals surface area contributed by atoms with Crippen LogP contribution in [0.5, 0.6) is 0 Å². The van der Waals surface area contributed by atoms with Gasteiger partial charge in [-0.1, -0.05) is 19.0 Å². The van der Waals surface area contributed by atoms with E-state index in [-0.39, 0.29) is 11.9 Å². The number of rotatable bonds is 7. The molecule has 6 heteroatoms. The van der Waals surface area contributed by atoms with Crippen molar-refractivity contribution in [1.29, 1.82) is 0 Å². The summed E-state index contributed by atoms with van der Waals surface area (Å²) in [7, 11) is 0. The van der Waals surface area contributed by atoms with Gasteiger partial charge in [-0.3, -0.25) is 4.79 Å². The van der Waals surface area contributed by atoms with Crippen molar-refractivity contribution in [3.05, 3.63) is 41.0 Å². The van der Waals surface area contributed by atoms with Gasteiger partial charge in [0.1, 0.15) is 0 Å². The third-order valence-corrected chi connectivity index (χ3v) is 3.44. The molecule has 0 saturated heterocycles. The molecule has 2 rings (SSSR count). The number of carbonyl (C=O) groups excluding carboxylic acids is 1. The molecule has 0 spiro atoms. The number of aromatic nitrogens is 2. The first kappa shape index (κ1) is 18.0. The van der Waals surface area contributed by atoms with Crippen molar-refractivity contribution >= 4 is 11.6 Å². The van der Waals surface area contributed by atoms with Crippen LogP contribution in [0.25, 0.3) is 0 Å². The van der Waals surface area contributed by atoms with E-state index in [1.807, 2.05) is 39.0 Å². The molecular formula is C18H26N4O2. The van der Waals surface area contributed by atoms with Crippen LogP contribution in [-0.4, -0.2) is 22.1 Å². The molecule has 130 valence electrons.